The van der Waals surface area contributed by atoms with Gasteiger partial charge in [-0.3, -0.25) is 4.79 Å². The molecule has 1 amide bonds. The Morgan fingerprint density at radius 3 is 2.56 bits per heavy atom. The van der Waals surface area contributed by atoms with Gasteiger partial charge in [0.2, 0.25) is 5.91 Å². The van der Waals surface area contributed by atoms with Gasteiger partial charge in [-0.05, 0) is 32.1 Å². The molecule has 1 aliphatic rings. The van der Waals surface area contributed by atoms with E-state index in [1.807, 2.05) is 4.90 Å². The molecule has 0 radical (unpaired) electrons. The summed E-state index contributed by atoms with van der Waals surface area (Å²) >= 11 is 0. The maximum Gasteiger partial charge on any atom is 0.226 e. The Kier molecular flexibility index (Phi) is 5.34. The average Bonchev–Trinajstić information content (AvgIpc) is 2.29. The molecule has 1 fully saturated rings. The molecule has 0 aromatic heterocycles. The van der Waals surface area contributed by atoms with Gasteiger partial charge in [0.15, 0.2) is 0 Å². The minimum Gasteiger partial charge on any atom is -0.331 e. The third kappa shape index (κ3) is 3.53. The molecule has 90 valence electrons. The fraction of sp³-hybridized carbons (Fsp3) is 0.769. The Balaban J connectivity index is 2.50. The normalized spacial score (nSPS) is 24.8. The lowest BCUT2D eigenvalue weighted by Gasteiger charge is -2.30. The Morgan fingerprint density at radius 1 is 1.44 bits per heavy atom. The lowest BCUT2D eigenvalue weighted by Crippen LogP contribution is -2.40. The molecule has 1 aliphatic carbocycles. The van der Waals surface area contributed by atoms with E-state index in [4.69, 9.17) is 12.2 Å². The summed E-state index contributed by atoms with van der Waals surface area (Å²) in [4.78, 5) is 14.0. The van der Waals surface area contributed by atoms with Crippen LogP contribution in [0, 0.1) is 18.3 Å². The van der Waals surface area contributed by atoms with E-state index in [2.05, 4.69) is 12.8 Å². The number of carbonyl (C=O) groups excluding carboxylic acids is 1. The molecular formula is C13H22N2O. The number of amides is 1. The monoisotopic (exact) mass is 222 g/mol. The number of terminal acetylenes is 1. The van der Waals surface area contributed by atoms with Gasteiger partial charge in [-0.15, -0.1) is 6.42 Å². The average molecular weight is 222 g/mol. The Labute approximate surface area is 98.4 Å². The molecule has 3 nitrogen and oxygen atoms in total. The molecule has 0 aliphatic heterocycles. The highest BCUT2D eigenvalue weighted by Gasteiger charge is 2.27. The molecule has 16 heavy (non-hydrogen) atoms. The van der Waals surface area contributed by atoms with Gasteiger partial charge in [0.05, 0.1) is 6.54 Å². The van der Waals surface area contributed by atoms with Crippen LogP contribution in [-0.2, 0) is 4.79 Å². The lowest BCUT2D eigenvalue weighted by molar-refractivity contribution is -0.136. The first-order valence-corrected chi connectivity index (χ1v) is 6.16. The highest BCUT2D eigenvalue weighted by atomic mass is 16.2. The van der Waals surface area contributed by atoms with E-state index in [9.17, 15) is 4.79 Å². The lowest BCUT2D eigenvalue weighted by atomic mass is 9.85. The van der Waals surface area contributed by atoms with Crippen molar-refractivity contribution in [2.75, 3.05) is 13.1 Å². The van der Waals surface area contributed by atoms with Crippen molar-refractivity contribution in [3.63, 3.8) is 0 Å². The number of carbonyl (C=O) groups is 1. The second-order valence-corrected chi connectivity index (χ2v) is 4.58. The SMILES string of the molecule is C#CCN(CCC)C(=O)C1CCC(N)CC1. The van der Waals surface area contributed by atoms with Gasteiger partial charge in [-0.1, -0.05) is 12.8 Å². The van der Waals surface area contributed by atoms with E-state index in [0.717, 1.165) is 38.6 Å². The molecule has 0 saturated heterocycles. The van der Waals surface area contributed by atoms with Gasteiger partial charge >= 0.3 is 0 Å². The van der Waals surface area contributed by atoms with Crippen LogP contribution in [0.1, 0.15) is 39.0 Å². The van der Waals surface area contributed by atoms with E-state index in [1.54, 1.807) is 0 Å². The van der Waals surface area contributed by atoms with Crippen LogP contribution in [0.5, 0.6) is 0 Å². The maximum atomic E-state index is 12.2. The molecule has 0 heterocycles. The number of nitrogens with zero attached hydrogens (tertiary/aromatic N) is 1. The summed E-state index contributed by atoms with van der Waals surface area (Å²) in [5.41, 5.74) is 5.83. The molecule has 2 N–H and O–H groups in total. The fourth-order valence-corrected chi connectivity index (χ4v) is 2.27. The number of hydrogen-bond acceptors (Lipinski definition) is 2. The zero-order chi connectivity index (χ0) is 12.0. The first-order valence-electron chi connectivity index (χ1n) is 6.16. The molecule has 0 unspecified atom stereocenters. The summed E-state index contributed by atoms with van der Waals surface area (Å²) in [7, 11) is 0. The molecule has 3 heteroatoms. The summed E-state index contributed by atoms with van der Waals surface area (Å²) in [5, 5.41) is 0. The molecular weight excluding hydrogens is 200 g/mol. The second kappa shape index (κ2) is 6.55. The zero-order valence-corrected chi connectivity index (χ0v) is 10.1. The van der Waals surface area contributed by atoms with Crippen LogP contribution in [0.15, 0.2) is 0 Å². The van der Waals surface area contributed by atoms with Gasteiger partial charge < -0.3 is 10.6 Å². The van der Waals surface area contributed by atoms with E-state index in [1.165, 1.54) is 0 Å². The summed E-state index contributed by atoms with van der Waals surface area (Å²) in [6.45, 7) is 3.27. The molecule has 0 aromatic rings. The second-order valence-electron chi connectivity index (χ2n) is 4.58. The minimum atomic E-state index is 0.152. The van der Waals surface area contributed by atoms with Crippen LogP contribution in [0.3, 0.4) is 0 Å². The minimum absolute atomic E-state index is 0.152. The molecule has 0 atom stereocenters. The van der Waals surface area contributed by atoms with Crippen LogP contribution in [0.2, 0.25) is 0 Å². The van der Waals surface area contributed by atoms with Crippen molar-refractivity contribution < 1.29 is 4.79 Å². The molecule has 0 bridgehead atoms. The Bertz CT molecular complexity index is 262. The topological polar surface area (TPSA) is 46.3 Å². The first-order chi connectivity index (χ1) is 7.69. The quantitative estimate of drug-likeness (QED) is 0.730. The standard InChI is InChI=1S/C13H22N2O/c1-3-9-15(10-4-2)13(16)11-5-7-12(14)8-6-11/h1,11-12H,4-10,14H2,2H3. The van der Waals surface area contributed by atoms with Crippen LogP contribution < -0.4 is 5.73 Å². The van der Waals surface area contributed by atoms with Crippen molar-refractivity contribution in [2.45, 2.75) is 45.1 Å². The van der Waals surface area contributed by atoms with Crippen molar-refractivity contribution in [3.8, 4) is 12.3 Å². The molecule has 1 rings (SSSR count). The van der Waals surface area contributed by atoms with Gasteiger partial charge in [-0.2, -0.15) is 0 Å². The fourth-order valence-electron chi connectivity index (χ4n) is 2.27. The van der Waals surface area contributed by atoms with Gasteiger partial charge in [0.25, 0.3) is 0 Å². The van der Waals surface area contributed by atoms with E-state index in [-0.39, 0.29) is 17.9 Å². The van der Waals surface area contributed by atoms with Gasteiger partial charge in [-0.25, -0.2) is 0 Å². The Morgan fingerprint density at radius 2 is 2.06 bits per heavy atom. The Hall–Kier alpha value is -1.01. The summed E-state index contributed by atoms with van der Waals surface area (Å²) in [6.07, 6.45) is 10.0. The van der Waals surface area contributed by atoms with Gasteiger partial charge in [0, 0.05) is 18.5 Å². The predicted octanol–water partition coefficient (Wildman–Crippen LogP) is 1.38. The molecule has 0 spiro atoms. The number of hydrogen-bond donors (Lipinski definition) is 1. The third-order valence-corrected chi connectivity index (χ3v) is 3.21. The van der Waals surface area contributed by atoms with Crippen LogP contribution in [0.25, 0.3) is 0 Å². The summed E-state index contributed by atoms with van der Waals surface area (Å²) in [5.74, 6) is 2.94. The van der Waals surface area contributed by atoms with E-state index >= 15 is 0 Å². The predicted molar refractivity (Wildman–Crippen MR) is 65.6 cm³/mol. The van der Waals surface area contributed by atoms with Crippen molar-refractivity contribution in [2.24, 2.45) is 11.7 Å². The van der Waals surface area contributed by atoms with Gasteiger partial charge in [0.1, 0.15) is 0 Å². The van der Waals surface area contributed by atoms with Crippen molar-refractivity contribution in [1.82, 2.24) is 4.90 Å². The number of rotatable bonds is 4. The smallest absolute Gasteiger partial charge is 0.226 e. The van der Waals surface area contributed by atoms with Crippen molar-refractivity contribution >= 4 is 5.91 Å². The summed E-state index contributed by atoms with van der Waals surface area (Å²) in [6, 6.07) is 0.288. The number of nitrogens with two attached hydrogens (primary N) is 1. The summed E-state index contributed by atoms with van der Waals surface area (Å²) < 4.78 is 0. The van der Waals surface area contributed by atoms with Crippen LogP contribution in [0.4, 0.5) is 0 Å². The van der Waals surface area contributed by atoms with Crippen molar-refractivity contribution in [3.05, 3.63) is 0 Å². The largest absolute Gasteiger partial charge is 0.331 e. The first kappa shape index (κ1) is 13.1. The van der Waals surface area contributed by atoms with Crippen LogP contribution >= 0.6 is 0 Å². The molecule has 1 saturated carbocycles. The highest BCUT2D eigenvalue weighted by Crippen LogP contribution is 2.24. The van der Waals surface area contributed by atoms with E-state index < -0.39 is 0 Å². The third-order valence-electron chi connectivity index (χ3n) is 3.21. The highest BCUT2D eigenvalue weighted by molar-refractivity contribution is 5.79. The van der Waals surface area contributed by atoms with Crippen LogP contribution in [-0.4, -0.2) is 29.9 Å². The zero-order valence-electron chi connectivity index (χ0n) is 10.1. The van der Waals surface area contributed by atoms with E-state index in [0.29, 0.717) is 6.54 Å². The molecule has 0 aromatic carbocycles. The van der Waals surface area contributed by atoms with Crippen molar-refractivity contribution in [1.29, 1.82) is 0 Å². The maximum absolute atomic E-state index is 12.2.